The van der Waals surface area contributed by atoms with E-state index < -0.39 is 0 Å². The summed E-state index contributed by atoms with van der Waals surface area (Å²) in [5, 5.41) is 3.20. The van der Waals surface area contributed by atoms with E-state index in [2.05, 4.69) is 15.3 Å². The highest BCUT2D eigenvalue weighted by molar-refractivity contribution is 5.87. The van der Waals surface area contributed by atoms with Crippen LogP contribution in [0.15, 0.2) is 30.7 Å². The molecule has 1 unspecified atom stereocenters. The van der Waals surface area contributed by atoms with Crippen LogP contribution in [0.2, 0.25) is 0 Å². The van der Waals surface area contributed by atoms with E-state index in [0.717, 1.165) is 18.5 Å². The monoisotopic (exact) mass is 272 g/mol. The molecule has 0 aromatic carbocycles. The number of pyridine rings is 1. The lowest BCUT2D eigenvalue weighted by atomic mass is 10.0. The summed E-state index contributed by atoms with van der Waals surface area (Å²) in [6.07, 6.45) is 6.28. The molecule has 6 heteroatoms. The molecular formula is C14H16N4O2. The fraction of sp³-hybridized carbons (Fsp3) is 0.357. The lowest BCUT2D eigenvalue weighted by molar-refractivity contribution is 0.0520. The molecule has 2 aromatic heterocycles. The number of esters is 1. The Hall–Kier alpha value is -2.37. The van der Waals surface area contributed by atoms with Crippen molar-refractivity contribution in [1.82, 2.24) is 14.5 Å². The van der Waals surface area contributed by atoms with Gasteiger partial charge in [0.2, 0.25) is 5.95 Å². The quantitative estimate of drug-likeness (QED) is 0.864. The number of aromatic nitrogens is 3. The number of anilines is 1. The molecule has 3 heterocycles. The molecule has 1 aliphatic rings. The van der Waals surface area contributed by atoms with Gasteiger partial charge in [-0.25, -0.2) is 9.78 Å². The van der Waals surface area contributed by atoms with Crippen molar-refractivity contribution in [2.24, 2.45) is 0 Å². The van der Waals surface area contributed by atoms with Crippen LogP contribution < -0.4 is 5.32 Å². The highest BCUT2D eigenvalue weighted by Crippen LogP contribution is 2.29. The van der Waals surface area contributed by atoms with Crippen molar-refractivity contribution in [3.63, 3.8) is 0 Å². The average Bonchev–Trinajstić information content (AvgIpc) is 2.92. The van der Waals surface area contributed by atoms with Crippen LogP contribution in [0.25, 0.3) is 0 Å². The number of nitrogens with one attached hydrogen (secondary N) is 1. The molecule has 0 bridgehead atoms. The summed E-state index contributed by atoms with van der Waals surface area (Å²) in [5.74, 6) is 0.314. The van der Waals surface area contributed by atoms with Crippen molar-refractivity contribution >= 4 is 11.9 Å². The highest BCUT2D eigenvalue weighted by atomic mass is 16.5. The third-order valence-corrected chi connectivity index (χ3v) is 3.32. The van der Waals surface area contributed by atoms with Crippen LogP contribution in [0.3, 0.4) is 0 Å². The molecule has 6 nitrogen and oxygen atoms in total. The minimum atomic E-state index is -0.388. The van der Waals surface area contributed by atoms with E-state index in [-0.39, 0.29) is 12.0 Å². The molecule has 1 atom stereocenters. The first-order valence-electron chi connectivity index (χ1n) is 6.69. The molecule has 3 rings (SSSR count). The molecule has 0 saturated heterocycles. The molecule has 1 N–H and O–H groups in total. The molecule has 0 amide bonds. The van der Waals surface area contributed by atoms with Gasteiger partial charge >= 0.3 is 5.97 Å². The summed E-state index contributed by atoms with van der Waals surface area (Å²) in [6.45, 7) is 2.95. The number of ether oxygens (including phenoxy) is 1. The molecule has 0 saturated carbocycles. The predicted octanol–water partition coefficient (Wildman–Crippen LogP) is 1.86. The predicted molar refractivity (Wildman–Crippen MR) is 73.7 cm³/mol. The molecule has 0 fully saturated rings. The van der Waals surface area contributed by atoms with Gasteiger partial charge in [0.25, 0.3) is 0 Å². The first-order valence-corrected chi connectivity index (χ1v) is 6.69. The Labute approximate surface area is 116 Å². The van der Waals surface area contributed by atoms with E-state index >= 15 is 0 Å². The minimum absolute atomic E-state index is 0.149. The second kappa shape index (κ2) is 5.32. The molecule has 1 aliphatic heterocycles. The zero-order valence-corrected chi connectivity index (χ0v) is 11.2. The van der Waals surface area contributed by atoms with Gasteiger partial charge in [-0.15, -0.1) is 0 Å². The standard InChI is InChI=1S/C14H16N4O2/c1-2-20-13(19)11-9-18-12(5-7-16-14(18)17-11)10-4-3-6-15-8-10/h3-4,6,8-9,12H,2,5,7H2,1H3,(H,16,17). The number of fused-ring (bicyclic) bond motifs is 1. The van der Waals surface area contributed by atoms with E-state index in [1.54, 1.807) is 19.3 Å². The first-order chi connectivity index (χ1) is 9.79. The fourth-order valence-electron chi connectivity index (χ4n) is 2.43. The first kappa shape index (κ1) is 12.7. The summed E-state index contributed by atoms with van der Waals surface area (Å²) >= 11 is 0. The maximum absolute atomic E-state index is 11.8. The van der Waals surface area contributed by atoms with E-state index in [1.165, 1.54) is 0 Å². The zero-order chi connectivity index (χ0) is 13.9. The van der Waals surface area contributed by atoms with Crippen molar-refractivity contribution in [1.29, 1.82) is 0 Å². The lowest BCUT2D eigenvalue weighted by Gasteiger charge is -2.25. The maximum Gasteiger partial charge on any atom is 0.358 e. The van der Waals surface area contributed by atoms with Crippen LogP contribution >= 0.6 is 0 Å². The molecule has 104 valence electrons. The minimum Gasteiger partial charge on any atom is -0.461 e. The highest BCUT2D eigenvalue weighted by Gasteiger charge is 2.25. The summed E-state index contributed by atoms with van der Waals surface area (Å²) in [6, 6.07) is 4.10. The zero-order valence-electron chi connectivity index (χ0n) is 11.2. The molecule has 0 radical (unpaired) electrons. The van der Waals surface area contributed by atoms with Gasteiger partial charge in [-0.3, -0.25) is 4.98 Å². The number of rotatable bonds is 3. The van der Waals surface area contributed by atoms with Gasteiger partial charge in [0, 0.05) is 25.1 Å². The largest absolute Gasteiger partial charge is 0.461 e. The van der Waals surface area contributed by atoms with Gasteiger partial charge in [0.1, 0.15) is 0 Å². The van der Waals surface area contributed by atoms with Gasteiger partial charge in [-0.2, -0.15) is 0 Å². The SMILES string of the molecule is CCOC(=O)c1cn2c(n1)NCCC2c1cccnc1. The summed E-state index contributed by atoms with van der Waals surface area (Å²) < 4.78 is 6.97. The number of nitrogens with zero attached hydrogens (tertiary/aromatic N) is 3. The Morgan fingerprint density at radius 3 is 3.25 bits per heavy atom. The van der Waals surface area contributed by atoms with E-state index in [9.17, 15) is 4.79 Å². The molecule has 20 heavy (non-hydrogen) atoms. The van der Waals surface area contributed by atoms with Crippen molar-refractivity contribution in [3.05, 3.63) is 42.0 Å². The van der Waals surface area contributed by atoms with Gasteiger partial charge in [0.15, 0.2) is 5.69 Å². The topological polar surface area (TPSA) is 69.0 Å². The Morgan fingerprint density at radius 2 is 2.50 bits per heavy atom. The van der Waals surface area contributed by atoms with Crippen LogP contribution in [0.5, 0.6) is 0 Å². The van der Waals surface area contributed by atoms with Crippen LogP contribution in [0.4, 0.5) is 5.95 Å². The van der Waals surface area contributed by atoms with Crippen LogP contribution in [0.1, 0.15) is 35.4 Å². The Kier molecular flexibility index (Phi) is 3.37. The normalized spacial score (nSPS) is 17.1. The Morgan fingerprint density at radius 1 is 1.60 bits per heavy atom. The van der Waals surface area contributed by atoms with Gasteiger partial charge in [0.05, 0.1) is 12.6 Å². The molecule has 2 aromatic rings. The second-order valence-corrected chi connectivity index (χ2v) is 4.60. The Bertz CT molecular complexity index is 609. The second-order valence-electron chi connectivity index (χ2n) is 4.60. The Balaban J connectivity index is 1.95. The molecular weight excluding hydrogens is 256 g/mol. The fourth-order valence-corrected chi connectivity index (χ4v) is 2.43. The molecule has 0 aliphatic carbocycles. The van der Waals surface area contributed by atoms with Crippen molar-refractivity contribution < 1.29 is 9.53 Å². The van der Waals surface area contributed by atoms with Crippen LogP contribution in [0, 0.1) is 0 Å². The average molecular weight is 272 g/mol. The third-order valence-electron chi connectivity index (χ3n) is 3.32. The van der Waals surface area contributed by atoms with Crippen molar-refractivity contribution in [2.45, 2.75) is 19.4 Å². The van der Waals surface area contributed by atoms with Crippen molar-refractivity contribution in [2.75, 3.05) is 18.5 Å². The maximum atomic E-state index is 11.8. The summed E-state index contributed by atoms with van der Waals surface area (Å²) in [5.41, 5.74) is 1.45. The lowest BCUT2D eigenvalue weighted by Crippen LogP contribution is -2.23. The summed E-state index contributed by atoms with van der Waals surface area (Å²) in [4.78, 5) is 20.2. The summed E-state index contributed by atoms with van der Waals surface area (Å²) in [7, 11) is 0. The number of hydrogen-bond donors (Lipinski definition) is 1. The number of hydrogen-bond acceptors (Lipinski definition) is 5. The van der Waals surface area contributed by atoms with Gasteiger partial charge in [-0.05, 0) is 25.0 Å². The van der Waals surface area contributed by atoms with Crippen molar-refractivity contribution in [3.8, 4) is 0 Å². The van der Waals surface area contributed by atoms with Crippen LogP contribution in [-0.2, 0) is 4.74 Å². The van der Waals surface area contributed by atoms with Gasteiger partial charge < -0.3 is 14.6 Å². The smallest absolute Gasteiger partial charge is 0.358 e. The number of carbonyl (C=O) groups is 1. The van der Waals surface area contributed by atoms with E-state index in [0.29, 0.717) is 18.2 Å². The van der Waals surface area contributed by atoms with Gasteiger partial charge in [-0.1, -0.05) is 6.07 Å². The number of imidazole rings is 1. The van der Waals surface area contributed by atoms with Crippen LogP contribution in [-0.4, -0.2) is 33.7 Å². The number of carbonyl (C=O) groups excluding carboxylic acids is 1. The third kappa shape index (κ3) is 2.24. The van der Waals surface area contributed by atoms with E-state index in [1.807, 2.05) is 22.9 Å². The van der Waals surface area contributed by atoms with E-state index in [4.69, 9.17) is 4.74 Å². The molecule has 0 spiro atoms.